The normalized spacial score (nSPS) is 11.6. The maximum absolute atomic E-state index is 5.56. The first-order valence-electron chi connectivity index (χ1n) is 9.57. The van der Waals surface area contributed by atoms with E-state index in [9.17, 15) is 0 Å². The highest BCUT2D eigenvalue weighted by Gasteiger charge is 2.18. The van der Waals surface area contributed by atoms with Gasteiger partial charge in [-0.3, -0.25) is 0 Å². The maximum Gasteiger partial charge on any atom is 0.231 e. The lowest BCUT2D eigenvalue weighted by molar-refractivity contribution is 0.174. The summed E-state index contributed by atoms with van der Waals surface area (Å²) in [5.74, 6) is 3.90. The number of ether oxygens (including phenoxy) is 6. The lowest BCUT2D eigenvalue weighted by Gasteiger charge is -2.17. The summed E-state index contributed by atoms with van der Waals surface area (Å²) in [6, 6.07) is 15.0. The third-order valence-electron chi connectivity index (χ3n) is 4.84. The Balaban J connectivity index is 1.68. The van der Waals surface area contributed by atoms with Crippen LogP contribution >= 0.6 is 0 Å². The van der Waals surface area contributed by atoms with Gasteiger partial charge >= 0.3 is 0 Å². The minimum Gasteiger partial charge on any atom is -0.493 e. The maximum atomic E-state index is 5.56. The van der Waals surface area contributed by atoms with E-state index >= 15 is 0 Å². The number of rotatable bonds is 8. The molecule has 4 rings (SSSR count). The topological polar surface area (TPSA) is 79.4 Å². The predicted molar refractivity (Wildman–Crippen MR) is 118 cm³/mol. The van der Waals surface area contributed by atoms with E-state index in [1.807, 2.05) is 48.5 Å². The molecule has 0 radical (unpaired) electrons. The second-order valence-electron chi connectivity index (χ2n) is 6.64. The van der Waals surface area contributed by atoms with Gasteiger partial charge in [-0.2, -0.15) is 0 Å². The van der Waals surface area contributed by atoms with Crippen molar-refractivity contribution in [3.8, 4) is 34.5 Å². The number of anilines is 4. The molecule has 1 aliphatic heterocycles. The molecule has 0 aliphatic carbocycles. The summed E-state index contributed by atoms with van der Waals surface area (Å²) in [4.78, 5) is 0. The zero-order valence-electron chi connectivity index (χ0n) is 17.8. The van der Waals surface area contributed by atoms with Crippen LogP contribution in [0.5, 0.6) is 34.5 Å². The zero-order valence-corrected chi connectivity index (χ0v) is 17.8. The molecule has 8 heteroatoms. The Kier molecular flexibility index (Phi) is 5.79. The summed E-state index contributed by atoms with van der Waals surface area (Å²) in [5.41, 5.74) is 3.25. The van der Waals surface area contributed by atoms with Crippen molar-refractivity contribution in [1.29, 1.82) is 0 Å². The molecule has 2 N–H and O–H groups in total. The largest absolute Gasteiger partial charge is 0.493 e. The van der Waals surface area contributed by atoms with Gasteiger partial charge in [0.2, 0.25) is 6.79 Å². The molecule has 0 spiro atoms. The molecule has 0 fully saturated rings. The SMILES string of the molecule is COc1ccc(Nc2cc3c(cc2Nc2ccc(OC)c(OC)c2)OCO3)cc1OC. The Bertz CT molecular complexity index is 1000. The van der Waals surface area contributed by atoms with E-state index in [-0.39, 0.29) is 6.79 Å². The zero-order chi connectivity index (χ0) is 21.8. The Hall–Kier alpha value is -3.94. The van der Waals surface area contributed by atoms with E-state index in [4.69, 9.17) is 28.4 Å². The molecule has 162 valence electrons. The van der Waals surface area contributed by atoms with Crippen LogP contribution in [0, 0.1) is 0 Å². The van der Waals surface area contributed by atoms with E-state index in [2.05, 4.69) is 10.6 Å². The fraction of sp³-hybridized carbons (Fsp3) is 0.217. The smallest absolute Gasteiger partial charge is 0.231 e. The van der Waals surface area contributed by atoms with Crippen LogP contribution in [0.4, 0.5) is 22.7 Å². The van der Waals surface area contributed by atoms with E-state index < -0.39 is 0 Å². The van der Waals surface area contributed by atoms with Gasteiger partial charge in [0.25, 0.3) is 0 Å². The fourth-order valence-electron chi connectivity index (χ4n) is 3.29. The Morgan fingerprint density at radius 1 is 0.581 bits per heavy atom. The van der Waals surface area contributed by atoms with Crippen LogP contribution in [0.1, 0.15) is 0 Å². The van der Waals surface area contributed by atoms with Crippen LogP contribution in [-0.2, 0) is 0 Å². The average molecular weight is 424 g/mol. The molecule has 0 saturated carbocycles. The predicted octanol–water partition coefficient (Wildman–Crippen LogP) is 4.94. The quantitative estimate of drug-likeness (QED) is 0.527. The first kappa shape index (κ1) is 20.3. The molecule has 0 atom stereocenters. The molecule has 0 bridgehead atoms. The van der Waals surface area contributed by atoms with Crippen molar-refractivity contribution in [2.24, 2.45) is 0 Å². The molecule has 0 amide bonds. The van der Waals surface area contributed by atoms with Gasteiger partial charge in [0, 0.05) is 35.6 Å². The Morgan fingerprint density at radius 3 is 1.39 bits per heavy atom. The Labute approximate surface area is 180 Å². The van der Waals surface area contributed by atoms with Crippen molar-refractivity contribution in [3.05, 3.63) is 48.5 Å². The van der Waals surface area contributed by atoms with Crippen LogP contribution < -0.4 is 39.1 Å². The third-order valence-corrected chi connectivity index (χ3v) is 4.84. The number of fused-ring (bicyclic) bond motifs is 1. The Morgan fingerprint density at radius 2 is 1.00 bits per heavy atom. The number of hydrogen-bond donors (Lipinski definition) is 2. The molecule has 3 aromatic rings. The first-order valence-corrected chi connectivity index (χ1v) is 9.57. The van der Waals surface area contributed by atoms with Crippen molar-refractivity contribution in [1.82, 2.24) is 0 Å². The van der Waals surface area contributed by atoms with Gasteiger partial charge in [-0.1, -0.05) is 0 Å². The summed E-state index contributed by atoms with van der Waals surface area (Å²) < 4.78 is 32.6. The van der Waals surface area contributed by atoms with Crippen molar-refractivity contribution in [2.75, 3.05) is 45.9 Å². The van der Waals surface area contributed by atoms with E-state index in [0.29, 0.717) is 34.5 Å². The second kappa shape index (κ2) is 8.83. The molecule has 8 nitrogen and oxygen atoms in total. The van der Waals surface area contributed by atoms with Crippen LogP contribution in [0.25, 0.3) is 0 Å². The first-order chi connectivity index (χ1) is 15.1. The monoisotopic (exact) mass is 424 g/mol. The molecule has 3 aromatic carbocycles. The van der Waals surface area contributed by atoms with E-state index in [0.717, 1.165) is 22.7 Å². The molecule has 1 aliphatic rings. The highest BCUT2D eigenvalue weighted by atomic mass is 16.7. The van der Waals surface area contributed by atoms with Crippen molar-refractivity contribution < 1.29 is 28.4 Å². The summed E-state index contributed by atoms with van der Waals surface area (Å²) in [6.07, 6.45) is 0. The molecule has 0 aromatic heterocycles. The lowest BCUT2D eigenvalue weighted by atomic mass is 10.2. The number of methoxy groups -OCH3 is 4. The molecule has 0 unspecified atom stereocenters. The molecular formula is C23H24N2O6. The van der Waals surface area contributed by atoms with Gasteiger partial charge in [-0.05, 0) is 24.3 Å². The van der Waals surface area contributed by atoms with Gasteiger partial charge in [-0.15, -0.1) is 0 Å². The van der Waals surface area contributed by atoms with E-state index in [1.165, 1.54) is 0 Å². The van der Waals surface area contributed by atoms with Crippen LogP contribution in [0.15, 0.2) is 48.5 Å². The highest BCUT2D eigenvalue weighted by molar-refractivity contribution is 5.82. The van der Waals surface area contributed by atoms with Gasteiger partial charge in [0.05, 0.1) is 39.8 Å². The molecule has 1 heterocycles. The average Bonchev–Trinajstić information content (AvgIpc) is 3.26. The van der Waals surface area contributed by atoms with Crippen LogP contribution in [-0.4, -0.2) is 35.2 Å². The van der Waals surface area contributed by atoms with Gasteiger partial charge in [0.1, 0.15) is 0 Å². The summed E-state index contributed by atoms with van der Waals surface area (Å²) in [7, 11) is 6.42. The van der Waals surface area contributed by atoms with Crippen LogP contribution in [0.3, 0.4) is 0 Å². The van der Waals surface area contributed by atoms with Crippen molar-refractivity contribution in [2.45, 2.75) is 0 Å². The highest BCUT2D eigenvalue weighted by Crippen LogP contribution is 2.43. The summed E-state index contributed by atoms with van der Waals surface area (Å²) in [5, 5.41) is 6.82. The van der Waals surface area contributed by atoms with Crippen molar-refractivity contribution in [3.63, 3.8) is 0 Å². The number of nitrogens with one attached hydrogen (secondary N) is 2. The minimum absolute atomic E-state index is 0.185. The number of benzene rings is 3. The van der Waals surface area contributed by atoms with Gasteiger partial charge < -0.3 is 39.1 Å². The summed E-state index contributed by atoms with van der Waals surface area (Å²) >= 11 is 0. The fourth-order valence-corrected chi connectivity index (χ4v) is 3.29. The molecule has 31 heavy (non-hydrogen) atoms. The lowest BCUT2D eigenvalue weighted by Crippen LogP contribution is -1.99. The van der Waals surface area contributed by atoms with Gasteiger partial charge in [-0.25, -0.2) is 0 Å². The third kappa shape index (κ3) is 4.18. The van der Waals surface area contributed by atoms with E-state index in [1.54, 1.807) is 28.4 Å². The van der Waals surface area contributed by atoms with Crippen LogP contribution in [0.2, 0.25) is 0 Å². The van der Waals surface area contributed by atoms with Crippen molar-refractivity contribution >= 4 is 22.7 Å². The number of hydrogen-bond acceptors (Lipinski definition) is 8. The standard InChI is InChI=1S/C23H24N2O6/c1-26-18-7-5-14(9-20(18)28-3)24-16-11-22-23(31-13-30-22)12-17(16)25-15-6-8-19(27-2)21(10-15)29-4/h5-12,24-25H,13H2,1-4H3. The summed E-state index contributed by atoms with van der Waals surface area (Å²) in [6.45, 7) is 0.185. The molecular weight excluding hydrogens is 400 g/mol. The molecule has 0 saturated heterocycles. The minimum atomic E-state index is 0.185. The van der Waals surface area contributed by atoms with Gasteiger partial charge in [0.15, 0.2) is 34.5 Å². The second-order valence-corrected chi connectivity index (χ2v) is 6.64.